The maximum atomic E-state index is 12.6. The van der Waals surface area contributed by atoms with E-state index in [-0.39, 0.29) is 11.8 Å². The molecule has 0 spiro atoms. The number of ether oxygens (including phenoxy) is 2. The molecule has 0 saturated carbocycles. The number of amides is 2. The van der Waals surface area contributed by atoms with Gasteiger partial charge in [-0.25, -0.2) is 0 Å². The van der Waals surface area contributed by atoms with E-state index >= 15 is 0 Å². The number of nitrogens with one attached hydrogen (secondary N) is 2. The highest BCUT2D eigenvalue weighted by Gasteiger charge is 2.13. The number of benzene rings is 2. The fourth-order valence-corrected chi connectivity index (χ4v) is 2.36. The molecule has 2 rings (SSSR count). The van der Waals surface area contributed by atoms with Crippen molar-refractivity contribution in [3.63, 3.8) is 0 Å². The van der Waals surface area contributed by atoms with Crippen molar-refractivity contribution in [2.45, 2.75) is 27.2 Å². The molecule has 0 aliphatic carbocycles. The minimum absolute atomic E-state index is 0.0811. The predicted octanol–water partition coefficient (Wildman–Crippen LogP) is 4.00. The van der Waals surface area contributed by atoms with Gasteiger partial charge >= 0.3 is 0 Å². The number of anilines is 2. The van der Waals surface area contributed by atoms with Crippen molar-refractivity contribution in [2.24, 2.45) is 0 Å². The smallest absolute Gasteiger partial charge is 0.255 e. The fourth-order valence-electron chi connectivity index (χ4n) is 2.36. The molecule has 2 N–H and O–H groups in total. The van der Waals surface area contributed by atoms with Gasteiger partial charge in [-0.15, -0.1) is 0 Å². The first-order valence-corrected chi connectivity index (χ1v) is 8.51. The zero-order valence-corrected chi connectivity index (χ0v) is 15.5. The van der Waals surface area contributed by atoms with Crippen molar-refractivity contribution in [1.82, 2.24) is 0 Å². The first-order chi connectivity index (χ1) is 12.5. The van der Waals surface area contributed by atoms with E-state index in [1.807, 2.05) is 19.9 Å². The normalized spacial score (nSPS) is 10.2. The molecule has 0 aromatic heterocycles. The standard InChI is InChI=1S/C20H24N2O4/c1-5-19(23)21-15-9-7-13(3)16(12-15)22-20(24)14-8-10-17(26-6-2)18(11-14)25-4/h7-12H,5-6H2,1-4H3,(H,21,23)(H,22,24). The van der Waals surface area contributed by atoms with Gasteiger partial charge in [-0.05, 0) is 49.7 Å². The monoisotopic (exact) mass is 356 g/mol. The number of hydrogen-bond acceptors (Lipinski definition) is 4. The SMILES string of the molecule is CCOc1ccc(C(=O)Nc2cc(NC(=O)CC)ccc2C)cc1OC. The van der Waals surface area contributed by atoms with Gasteiger partial charge in [0.2, 0.25) is 5.91 Å². The maximum absolute atomic E-state index is 12.6. The van der Waals surface area contributed by atoms with E-state index in [9.17, 15) is 9.59 Å². The van der Waals surface area contributed by atoms with Crippen molar-refractivity contribution in [1.29, 1.82) is 0 Å². The third-order valence-corrected chi connectivity index (χ3v) is 3.82. The molecule has 0 atom stereocenters. The Labute approximate surface area is 153 Å². The molecule has 0 heterocycles. The summed E-state index contributed by atoms with van der Waals surface area (Å²) in [5, 5.41) is 5.66. The molecule has 2 amide bonds. The topological polar surface area (TPSA) is 76.7 Å². The zero-order chi connectivity index (χ0) is 19.1. The van der Waals surface area contributed by atoms with Crippen LogP contribution >= 0.6 is 0 Å². The van der Waals surface area contributed by atoms with Crippen LogP contribution in [0, 0.1) is 6.92 Å². The lowest BCUT2D eigenvalue weighted by atomic mass is 10.1. The summed E-state index contributed by atoms with van der Waals surface area (Å²) >= 11 is 0. The van der Waals surface area contributed by atoms with Crippen LogP contribution in [-0.4, -0.2) is 25.5 Å². The molecule has 0 aliphatic rings. The number of carbonyl (C=O) groups excluding carboxylic acids is 2. The van der Waals surface area contributed by atoms with Gasteiger partial charge in [-0.2, -0.15) is 0 Å². The second-order valence-electron chi connectivity index (χ2n) is 5.68. The lowest BCUT2D eigenvalue weighted by Gasteiger charge is -2.13. The summed E-state index contributed by atoms with van der Waals surface area (Å²) in [7, 11) is 1.53. The highest BCUT2D eigenvalue weighted by atomic mass is 16.5. The van der Waals surface area contributed by atoms with Gasteiger partial charge in [0.25, 0.3) is 5.91 Å². The summed E-state index contributed by atoms with van der Waals surface area (Å²) in [5.74, 6) is 0.739. The lowest BCUT2D eigenvalue weighted by molar-refractivity contribution is -0.115. The first-order valence-electron chi connectivity index (χ1n) is 8.51. The van der Waals surface area contributed by atoms with Gasteiger partial charge in [0.15, 0.2) is 11.5 Å². The van der Waals surface area contributed by atoms with Gasteiger partial charge < -0.3 is 20.1 Å². The van der Waals surface area contributed by atoms with Crippen LogP contribution in [-0.2, 0) is 4.79 Å². The number of rotatable bonds is 7. The molecule has 6 nitrogen and oxygen atoms in total. The van der Waals surface area contributed by atoms with Crippen molar-refractivity contribution < 1.29 is 19.1 Å². The van der Waals surface area contributed by atoms with Crippen LogP contribution in [0.25, 0.3) is 0 Å². The van der Waals surface area contributed by atoms with Crippen LogP contribution in [0.1, 0.15) is 36.2 Å². The number of aryl methyl sites for hydroxylation is 1. The van der Waals surface area contributed by atoms with E-state index < -0.39 is 0 Å². The quantitative estimate of drug-likeness (QED) is 0.786. The largest absolute Gasteiger partial charge is 0.493 e. The zero-order valence-electron chi connectivity index (χ0n) is 15.5. The van der Waals surface area contributed by atoms with E-state index in [0.29, 0.717) is 41.5 Å². The van der Waals surface area contributed by atoms with Crippen LogP contribution in [0.2, 0.25) is 0 Å². The average molecular weight is 356 g/mol. The molecule has 0 bridgehead atoms. The van der Waals surface area contributed by atoms with E-state index in [2.05, 4.69) is 10.6 Å². The Hall–Kier alpha value is -3.02. The minimum Gasteiger partial charge on any atom is -0.493 e. The molecule has 0 unspecified atom stereocenters. The Balaban J connectivity index is 2.21. The van der Waals surface area contributed by atoms with Crippen molar-refractivity contribution in [2.75, 3.05) is 24.4 Å². The Morgan fingerprint density at radius 3 is 2.42 bits per heavy atom. The van der Waals surface area contributed by atoms with E-state index in [4.69, 9.17) is 9.47 Å². The number of methoxy groups -OCH3 is 1. The molecule has 0 radical (unpaired) electrons. The van der Waals surface area contributed by atoms with Gasteiger partial charge in [0.05, 0.1) is 13.7 Å². The Morgan fingerprint density at radius 1 is 1.00 bits per heavy atom. The summed E-state index contributed by atoms with van der Waals surface area (Å²) in [5.41, 5.74) is 2.62. The van der Waals surface area contributed by atoms with Crippen LogP contribution < -0.4 is 20.1 Å². The molecule has 26 heavy (non-hydrogen) atoms. The average Bonchev–Trinajstić information content (AvgIpc) is 2.64. The van der Waals surface area contributed by atoms with Gasteiger partial charge in [0.1, 0.15) is 0 Å². The predicted molar refractivity (Wildman–Crippen MR) is 102 cm³/mol. The molecule has 2 aromatic rings. The summed E-state index contributed by atoms with van der Waals surface area (Å²) in [6.07, 6.45) is 0.390. The van der Waals surface area contributed by atoms with Gasteiger partial charge in [0, 0.05) is 23.4 Å². The van der Waals surface area contributed by atoms with Gasteiger partial charge in [-0.3, -0.25) is 9.59 Å². The second-order valence-corrected chi connectivity index (χ2v) is 5.68. The third-order valence-electron chi connectivity index (χ3n) is 3.82. The summed E-state index contributed by atoms with van der Waals surface area (Å²) in [6, 6.07) is 10.4. The van der Waals surface area contributed by atoms with Crippen molar-refractivity contribution in [3.8, 4) is 11.5 Å². The van der Waals surface area contributed by atoms with Crippen molar-refractivity contribution in [3.05, 3.63) is 47.5 Å². The third kappa shape index (κ3) is 4.75. The fraction of sp³-hybridized carbons (Fsp3) is 0.300. The van der Waals surface area contributed by atoms with E-state index in [1.165, 1.54) is 7.11 Å². The summed E-state index contributed by atoms with van der Waals surface area (Å²) in [4.78, 5) is 24.2. The molecular formula is C20H24N2O4. The molecule has 0 saturated heterocycles. The first kappa shape index (κ1) is 19.3. The Kier molecular flexibility index (Phi) is 6.60. The number of hydrogen-bond donors (Lipinski definition) is 2. The summed E-state index contributed by atoms with van der Waals surface area (Å²) < 4.78 is 10.8. The van der Waals surface area contributed by atoms with Crippen molar-refractivity contribution >= 4 is 23.2 Å². The highest BCUT2D eigenvalue weighted by molar-refractivity contribution is 6.05. The lowest BCUT2D eigenvalue weighted by Crippen LogP contribution is -2.14. The molecule has 2 aromatic carbocycles. The molecular weight excluding hydrogens is 332 g/mol. The highest BCUT2D eigenvalue weighted by Crippen LogP contribution is 2.29. The maximum Gasteiger partial charge on any atom is 0.255 e. The molecule has 0 aliphatic heterocycles. The van der Waals surface area contributed by atoms with E-state index in [1.54, 1.807) is 37.3 Å². The summed E-state index contributed by atoms with van der Waals surface area (Å²) in [6.45, 7) is 6.07. The molecule has 0 fully saturated rings. The van der Waals surface area contributed by atoms with Crippen LogP contribution in [0.4, 0.5) is 11.4 Å². The van der Waals surface area contributed by atoms with Crippen LogP contribution in [0.15, 0.2) is 36.4 Å². The van der Waals surface area contributed by atoms with Crippen LogP contribution in [0.5, 0.6) is 11.5 Å². The molecule has 6 heteroatoms. The van der Waals surface area contributed by atoms with E-state index in [0.717, 1.165) is 5.56 Å². The molecule has 138 valence electrons. The minimum atomic E-state index is -0.270. The number of carbonyl (C=O) groups is 2. The van der Waals surface area contributed by atoms with Gasteiger partial charge in [-0.1, -0.05) is 13.0 Å². The Bertz CT molecular complexity index is 802. The van der Waals surface area contributed by atoms with Crippen LogP contribution in [0.3, 0.4) is 0 Å². The second kappa shape index (κ2) is 8.89. The Morgan fingerprint density at radius 2 is 1.77 bits per heavy atom.